The van der Waals surface area contributed by atoms with E-state index in [4.69, 9.17) is 46.4 Å². The summed E-state index contributed by atoms with van der Waals surface area (Å²) in [4.78, 5) is 10.7. The van der Waals surface area contributed by atoms with Crippen molar-refractivity contribution in [2.75, 3.05) is 0 Å². The summed E-state index contributed by atoms with van der Waals surface area (Å²) in [7, 11) is 0. The van der Waals surface area contributed by atoms with E-state index < -0.39 is 78.2 Å². The van der Waals surface area contributed by atoms with Crippen molar-refractivity contribution in [1.82, 2.24) is 0 Å². The minimum absolute atomic E-state index is 0.244. The maximum Gasteiger partial charge on any atom is 0.454 e. The first-order valence-corrected chi connectivity index (χ1v) is 8.87. The first kappa shape index (κ1) is 28.3. The Morgan fingerprint density at radius 3 is 1.34 bits per heavy atom. The molecule has 0 heterocycles. The van der Waals surface area contributed by atoms with Crippen molar-refractivity contribution in [3.63, 3.8) is 0 Å². The molecule has 0 saturated heterocycles. The third-order valence-corrected chi connectivity index (χ3v) is 4.59. The van der Waals surface area contributed by atoms with Gasteiger partial charge in [-0.25, -0.2) is 17.6 Å². The lowest BCUT2D eigenvalue weighted by atomic mass is 10.1. The van der Waals surface area contributed by atoms with Crippen LogP contribution in [0.4, 0.5) is 43.9 Å². The lowest BCUT2D eigenvalue weighted by molar-refractivity contribution is -0.0887. The van der Waals surface area contributed by atoms with Crippen molar-refractivity contribution < 1.29 is 48.7 Å². The number of ketones is 1. The van der Waals surface area contributed by atoms with Crippen molar-refractivity contribution in [3.8, 4) is 0 Å². The Hall–Kier alpha value is -1.69. The van der Waals surface area contributed by atoms with Gasteiger partial charge in [0.1, 0.15) is 10.0 Å². The quantitative estimate of drug-likeness (QED) is 0.156. The summed E-state index contributed by atoms with van der Waals surface area (Å²) < 4.78 is 125. The molecule has 0 atom stereocenters. The SMILES string of the molecule is C=C(c1cc(Cl)c(F)c(Cl)c1F)C(F)(F)F.O=C(c1cc(Cl)c(F)c(Cl)c1F)C(F)(F)F. The van der Waals surface area contributed by atoms with Crippen molar-refractivity contribution in [1.29, 1.82) is 0 Å². The van der Waals surface area contributed by atoms with Crippen LogP contribution in [0.1, 0.15) is 15.9 Å². The van der Waals surface area contributed by atoms with Crippen LogP contribution in [-0.4, -0.2) is 18.1 Å². The highest BCUT2D eigenvalue weighted by Crippen LogP contribution is 2.38. The van der Waals surface area contributed by atoms with Crippen molar-refractivity contribution in [2.24, 2.45) is 0 Å². The van der Waals surface area contributed by atoms with E-state index in [0.717, 1.165) is 0 Å². The molecule has 1 nitrogen and oxygen atoms in total. The molecule has 0 spiro atoms. The second-order valence-electron chi connectivity index (χ2n) is 5.50. The number of halogens is 14. The van der Waals surface area contributed by atoms with Gasteiger partial charge >= 0.3 is 12.4 Å². The summed E-state index contributed by atoms with van der Waals surface area (Å²) in [6, 6.07) is 0.738. The highest BCUT2D eigenvalue weighted by atomic mass is 35.5. The highest BCUT2D eigenvalue weighted by Gasteiger charge is 2.42. The fourth-order valence-corrected chi connectivity index (χ4v) is 2.75. The zero-order valence-corrected chi connectivity index (χ0v) is 17.6. The predicted molar refractivity (Wildman–Crippen MR) is 98.2 cm³/mol. The zero-order valence-electron chi connectivity index (χ0n) is 14.6. The maximum absolute atomic E-state index is 13.2. The Labute approximate surface area is 192 Å². The molecular weight excluding hydrogens is 552 g/mol. The smallest absolute Gasteiger partial charge is 0.284 e. The lowest BCUT2D eigenvalue weighted by Gasteiger charge is -2.12. The number of rotatable bonds is 2. The zero-order chi connectivity index (χ0) is 25.3. The number of carbonyl (C=O) groups excluding carboxylic acids is 1. The molecule has 0 bridgehead atoms. The first-order valence-electron chi connectivity index (χ1n) is 7.36. The fraction of sp³-hybridized carbons (Fsp3) is 0.118. The van der Waals surface area contributed by atoms with Gasteiger partial charge in [-0.1, -0.05) is 53.0 Å². The molecule has 2 rings (SSSR count). The summed E-state index contributed by atoms with van der Waals surface area (Å²) in [5.74, 6) is -8.52. The van der Waals surface area contributed by atoms with E-state index in [1.165, 1.54) is 0 Å². The molecule has 15 heteroatoms. The normalized spacial score (nSPS) is 11.7. The third kappa shape index (κ3) is 6.21. The maximum atomic E-state index is 13.2. The van der Waals surface area contributed by atoms with Gasteiger partial charge in [-0.15, -0.1) is 0 Å². The minimum Gasteiger partial charge on any atom is -0.284 e. The van der Waals surface area contributed by atoms with E-state index in [1.54, 1.807) is 0 Å². The molecule has 2 aromatic carbocycles. The van der Waals surface area contributed by atoms with Gasteiger partial charge in [0.15, 0.2) is 23.3 Å². The molecule has 0 aliphatic heterocycles. The molecule has 0 aromatic heterocycles. The van der Waals surface area contributed by atoms with Crippen LogP contribution in [-0.2, 0) is 0 Å². The molecule has 0 fully saturated rings. The Kier molecular flexibility index (Phi) is 8.91. The van der Waals surface area contributed by atoms with Gasteiger partial charge in [-0.2, -0.15) is 26.3 Å². The topological polar surface area (TPSA) is 17.1 Å². The Morgan fingerprint density at radius 2 is 1.00 bits per heavy atom. The van der Waals surface area contributed by atoms with Gasteiger partial charge in [0, 0.05) is 5.56 Å². The van der Waals surface area contributed by atoms with Crippen LogP contribution in [0.15, 0.2) is 18.7 Å². The summed E-state index contributed by atoms with van der Waals surface area (Å²) in [5, 5.41) is -3.90. The van der Waals surface area contributed by atoms with E-state index >= 15 is 0 Å². The van der Waals surface area contributed by atoms with Crippen molar-refractivity contribution >= 4 is 57.8 Å². The van der Waals surface area contributed by atoms with Gasteiger partial charge in [-0.05, 0) is 12.1 Å². The average molecular weight is 556 g/mol. The summed E-state index contributed by atoms with van der Waals surface area (Å²) >= 11 is 20.6. The number of alkyl halides is 6. The second kappa shape index (κ2) is 10.1. The Balaban J connectivity index is 0.000000320. The standard InChI is InChI=1S/C9H3Cl2F5.C8HCl2F5O/c1-3(9(14,15)16)4-2-5(10)8(13)6(11)7(4)12;9-3-1-2(7(16)8(13,14)15)5(11)4(10)6(3)12/h2H,1H2;1H. The lowest BCUT2D eigenvalue weighted by Crippen LogP contribution is -2.24. The van der Waals surface area contributed by atoms with Gasteiger partial charge in [0.2, 0.25) is 0 Å². The largest absolute Gasteiger partial charge is 0.454 e. The highest BCUT2D eigenvalue weighted by molar-refractivity contribution is 6.36. The minimum atomic E-state index is -5.29. The van der Waals surface area contributed by atoms with E-state index in [-0.39, 0.29) is 6.07 Å². The van der Waals surface area contributed by atoms with E-state index in [9.17, 15) is 48.7 Å². The van der Waals surface area contributed by atoms with E-state index in [2.05, 4.69) is 6.58 Å². The summed E-state index contributed by atoms with van der Waals surface area (Å²) in [6.07, 6.45) is -10.1. The summed E-state index contributed by atoms with van der Waals surface area (Å²) in [6.45, 7) is 2.66. The molecule has 0 unspecified atom stereocenters. The molecule has 0 aliphatic rings. The Bertz CT molecular complexity index is 991. The van der Waals surface area contributed by atoms with Crippen molar-refractivity contribution in [2.45, 2.75) is 12.4 Å². The molecule has 176 valence electrons. The number of carbonyl (C=O) groups is 1. The molecule has 0 amide bonds. The average Bonchev–Trinajstić information content (AvgIpc) is 2.68. The van der Waals surface area contributed by atoms with Gasteiger partial charge in [0.05, 0.1) is 21.2 Å². The molecule has 0 N–H and O–H groups in total. The Morgan fingerprint density at radius 1 is 0.656 bits per heavy atom. The molecule has 32 heavy (non-hydrogen) atoms. The first-order chi connectivity index (χ1) is 14.3. The number of benzene rings is 2. The van der Waals surface area contributed by atoms with Crippen molar-refractivity contribution in [3.05, 3.63) is 73.2 Å². The van der Waals surface area contributed by atoms with Gasteiger partial charge in [0.25, 0.3) is 5.78 Å². The van der Waals surface area contributed by atoms with Crippen LogP contribution >= 0.6 is 46.4 Å². The van der Waals surface area contributed by atoms with Gasteiger partial charge < -0.3 is 0 Å². The van der Waals surface area contributed by atoms with Gasteiger partial charge in [-0.3, -0.25) is 4.79 Å². The predicted octanol–water partition coefficient (Wildman–Crippen LogP) is 8.86. The fourth-order valence-electron chi connectivity index (χ4n) is 1.84. The number of allylic oxidation sites excluding steroid dienone is 1. The van der Waals surface area contributed by atoms with Crippen LogP contribution in [0.3, 0.4) is 0 Å². The van der Waals surface area contributed by atoms with Crippen LogP contribution in [0.5, 0.6) is 0 Å². The van der Waals surface area contributed by atoms with E-state index in [0.29, 0.717) is 6.07 Å². The number of Topliss-reactive ketones (excluding diaryl/α,β-unsaturated/α-hetero) is 1. The van der Waals surface area contributed by atoms with Crippen LogP contribution in [0.2, 0.25) is 20.1 Å². The second-order valence-corrected chi connectivity index (χ2v) is 7.07. The number of hydrogen-bond donors (Lipinski definition) is 0. The van der Waals surface area contributed by atoms with E-state index in [1.807, 2.05) is 0 Å². The van der Waals surface area contributed by atoms with Crippen LogP contribution in [0, 0.1) is 23.3 Å². The summed E-state index contributed by atoms with van der Waals surface area (Å²) in [5.41, 5.74) is -3.86. The molecule has 2 aromatic rings. The number of hydrogen-bond acceptors (Lipinski definition) is 1. The monoisotopic (exact) mass is 554 g/mol. The molecular formula is C17H4Cl4F10O. The molecule has 0 saturated carbocycles. The molecule has 0 radical (unpaired) electrons. The van der Waals surface area contributed by atoms with Crippen LogP contribution in [0.25, 0.3) is 5.57 Å². The van der Waals surface area contributed by atoms with Crippen LogP contribution < -0.4 is 0 Å². The third-order valence-electron chi connectivity index (χ3n) is 3.37. The molecule has 0 aliphatic carbocycles.